The first-order chi connectivity index (χ1) is 6.91. The third kappa shape index (κ3) is 9.59. The zero-order chi connectivity index (χ0) is 11.8. The summed E-state index contributed by atoms with van der Waals surface area (Å²) in [6, 6.07) is 0. The Kier molecular flexibility index (Phi) is 7.21. The van der Waals surface area contributed by atoms with E-state index in [0.29, 0.717) is 17.5 Å². The van der Waals surface area contributed by atoms with Gasteiger partial charge in [-0.05, 0) is 11.2 Å². The zero-order valence-electron chi connectivity index (χ0n) is 9.45. The molecule has 0 bridgehead atoms. The molecule has 1 amide bonds. The lowest BCUT2D eigenvalue weighted by Gasteiger charge is -2.10. The Hall–Kier alpha value is -0.710. The van der Waals surface area contributed by atoms with Crippen LogP contribution >= 0.6 is 11.8 Å². The van der Waals surface area contributed by atoms with Crippen LogP contribution in [0.1, 0.15) is 27.2 Å². The first kappa shape index (κ1) is 14.3. The molecule has 0 aliphatic rings. The molecule has 0 spiro atoms. The minimum absolute atomic E-state index is 0.0181. The van der Waals surface area contributed by atoms with Crippen LogP contribution in [0.15, 0.2) is 0 Å². The van der Waals surface area contributed by atoms with Crippen LogP contribution in [0.5, 0.6) is 0 Å². The lowest BCUT2D eigenvalue weighted by atomic mass is 10.1. The van der Waals surface area contributed by atoms with Gasteiger partial charge >= 0.3 is 5.97 Å². The monoisotopic (exact) mass is 233 g/mol. The summed E-state index contributed by atoms with van der Waals surface area (Å²) in [6.45, 7) is 6.31. The molecular formula is C10H19NO3S. The molecule has 0 aliphatic heterocycles. The largest absolute Gasteiger partial charge is 0.481 e. The number of carbonyl (C=O) groups excluding carboxylic acids is 1. The molecule has 5 heteroatoms. The summed E-state index contributed by atoms with van der Waals surface area (Å²) in [5.41, 5.74) is 0. The van der Waals surface area contributed by atoms with E-state index >= 15 is 0 Å². The molecule has 0 saturated heterocycles. The summed E-state index contributed by atoms with van der Waals surface area (Å²) < 4.78 is 0. The number of hydrogen-bond acceptors (Lipinski definition) is 3. The average molecular weight is 233 g/mol. The van der Waals surface area contributed by atoms with Crippen LogP contribution < -0.4 is 5.32 Å². The summed E-state index contributed by atoms with van der Waals surface area (Å²) >= 11 is 1.58. The Balaban J connectivity index is 3.57. The van der Waals surface area contributed by atoms with Crippen molar-refractivity contribution in [3.05, 3.63) is 0 Å². The number of hydrogen-bond donors (Lipinski definition) is 2. The molecule has 15 heavy (non-hydrogen) atoms. The molecule has 0 heterocycles. The van der Waals surface area contributed by atoms with E-state index in [-0.39, 0.29) is 18.2 Å². The minimum atomic E-state index is -0.826. The number of nitrogens with one attached hydrogen (secondary N) is 1. The van der Waals surface area contributed by atoms with E-state index in [0.717, 1.165) is 0 Å². The van der Waals surface area contributed by atoms with Gasteiger partial charge in [-0.1, -0.05) is 20.8 Å². The van der Waals surface area contributed by atoms with Crippen molar-refractivity contribution < 1.29 is 14.7 Å². The van der Waals surface area contributed by atoms with Crippen molar-refractivity contribution in [3.8, 4) is 0 Å². The molecule has 0 radical (unpaired) electrons. The van der Waals surface area contributed by atoms with Crippen LogP contribution in [-0.2, 0) is 9.59 Å². The first-order valence-electron chi connectivity index (χ1n) is 5.02. The standard InChI is InChI=1S/C10H19NO3S/c1-7(2)15-6-9(12)11-5-8(3)4-10(13)14/h7-8H,4-6H2,1-3H3,(H,11,12)(H,13,14). The van der Waals surface area contributed by atoms with Crippen LogP contribution in [0.4, 0.5) is 0 Å². The molecular weight excluding hydrogens is 214 g/mol. The van der Waals surface area contributed by atoms with Gasteiger partial charge in [-0.2, -0.15) is 0 Å². The lowest BCUT2D eigenvalue weighted by molar-refractivity contribution is -0.138. The van der Waals surface area contributed by atoms with E-state index in [2.05, 4.69) is 5.32 Å². The molecule has 0 fully saturated rings. The van der Waals surface area contributed by atoms with Crippen LogP contribution in [0.2, 0.25) is 0 Å². The molecule has 0 aromatic rings. The molecule has 0 aromatic carbocycles. The molecule has 2 N–H and O–H groups in total. The molecule has 0 rings (SSSR count). The van der Waals surface area contributed by atoms with Crippen LogP contribution in [0.25, 0.3) is 0 Å². The van der Waals surface area contributed by atoms with Crippen molar-refractivity contribution in [2.24, 2.45) is 5.92 Å². The van der Waals surface area contributed by atoms with E-state index in [4.69, 9.17) is 5.11 Å². The van der Waals surface area contributed by atoms with Crippen molar-refractivity contribution in [1.29, 1.82) is 0 Å². The van der Waals surface area contributed by atoms with Crippen LogP contribution in [0.3, 0.4) is 0 Å². The number of rotatable bonds is 7. The summed E-state index contributed by atoms with van der Waals surface area (Å²) in [6.07, 6.45) is 0.0948. The van der Waals surface area contributed by atoms with Gasteiger partial charge in [0.2, 0.25) is 5.91 Å². The number of carbonyl (C=O) groups is 2. The van der Waals surface area contributed by atoms with Gasteiger partial charge in [-0.15, -0.1) is 11.8 Å². The zero-order valence-corrected chi connectivity index (χ0v) is 10.3. The molecule has 0 aliphatic carbocycles. The fourth-order valence-electron chi connectivity index (χ4n) is 0.952. The maximum absolute atomic E-state index is 11.3. The minimum Gasteiger partial charge on any atom is -0.481 e. The fraction of sp³-hybridized carbons (Fsp3) is 0.800. The quantitative estimate of drug-likeness (QED) is 0.696. The number of aliphatic carboxylic acids is 1. The Morgan fingerprint density at radius 3 is 2.40 bits per heavy atom. The molecule has 1 atom stereocenters. The third-order valence-corrected chi connectivity index (χ3v) is 2.81. The van der Waals surface area contributed by atoms with E-state index in [1.165, 1.54) is 0 Å². The normalized spacial score (nSPS) is 12.5. The van der Waals surface area contributed by atoms with Crippen molar-refractivity contribution in [2.75, 3.05) is 12.3 Å². The average Bonchev–Trinajstić information content (AvgIpc) is 2.10. The van der Waals surface area contributed by atoms with Crippen molar-refractivity contribution in [2.45, 2.75) is 32.4 Å². The Morgan fingerprint density at radius 2 is 1.93 bits per heavy atom. The highest BCUT2D eigenvalue weighted by Gasteiger charge is 2.09. The van der Waals surface area contributed by atoms with Gasteiger partial charge in [0.25, 0.3) is 0 Å². The highest BCUT2D eigenvalue weighted by Crippen LogP contribution is 2.08. The molecule has 0 aromatic heterocycles. The second-order valence-electron chi connectivity index (χ2n) is 3.87. The van der Waals surface area contributed by atoms with Crippen LogP contribution in [0, 0.1) is 5.92 Å². The van der Waals surface area contributed by atoms with Gasteiger partial charge in [0.05, 0.1) is 5.75 Å². The number of amides is 1. The van der Waals surface area contributed by atoms with Crippen molar-refractivity contribution >= 4 is 23.6 Å². The lowest BCUT2D eigenvalue weighted by Crippen LogP contribution is -2.30. The third-order valence-electron chi connectivity index (χ3n) is 1.72. The second-order valence-corrected chi connectivity index (χ2v) is 5.43. The Bertz CT molecular complexity index is 219. The smallest absolute Gasteiger partial charge is 0.303 e. The first-order valence-corrected chi connectivity index (χ1v) is 6.06. The predicted molar refractivity (Wildman–Crippen MR) is 62.0 cm³/mol. The molecule has 4 nitrogen and oxygen atoms in total. The summed E-state index contributed by atoms with van der Waals surface area (Å²) in [7, 11) is 0. The van der Waals surface area contributed by atoms with Gasteiger partial charge in [0, 0.05) is 13.0 Å². The maximum Gasteiger partial charge on any atom is 0.303 e. The summed E-state index contributed by atoms with van der Waals surface area (Å²) in [4.78, 5) is 21.6. The van der Waals surface area contributed by atoms with Gasteiger partial charge in [-0.3, -0.25) is 9.59 Å². The van der Waals surface area contributed by atoms with E-state index in [1.807, 2.05) is 20.8 Å². The van der Waals surface area contributed by atoms with Gasteiger partial charge in [0.15, 0.2) is 0 Å². The Labute approximate surface area is 94.8 Å². The topological polar surface area (TPSA) is 66.4 Å². The SMILES string of the molecule is CC(CNC(=O)CSC(C)C)CC(=O)O. The fourth-order valence-corrected chi connectivity index (χ4v) is 1.54. The molecule has 0 saturated carbocycles. The van der Waals surface area contributed by atoms with Gasteiger partial charge in [0.1, 0.15) is 0 Å². The van der Waals surface area contributed by atoms with Crippen molar-refractivity contribution in [3.63, 3.8) is 0 Å². The van der Waals surface area contributed by atoms with Crippen LogP contribution in [-0.4, -0.2) is 34.5 Å². The highest BCUT2D eigenvalue weighted by atomic mass is 32.2. The number of thioether (sulfide) groups is 1. The van der Waals surface area contributed by atoms with Gasteiger partial charge < -0.3 is 10.4 Å². The highest BCUT2D eigenvalue weighted by molar-refractivity contribution is 8.00. The summed E-state index contributed by atoms with van der Waals surface area (Å²) in [5.74, 6) is -0.424. The van der Waals surface area contributed by atoms with Crippen molar-refractivity contribution in [1.82, 2.24) is 5.32 Å². The molecule has 88 valence electrons. The van der Waals surface area contributed by atoms with Gasteiger partial charge in [-0.25, -0.2) is 0 Å². The maximum atomic E-state index is 11.3. The number of carboxylic acids is 1. The molecule has 1 unspecified atom stereocenters. The second kappa shape index (κ2) is 7.56. The predicted octanol–water partition coefficient (Wildman–Crippen LogP) is 1.36. The van der Waals surface area contributed by atoms with E-state index in [1.54, 1.807) is 11.8 Å². The van der Waals surface area contributed by atoms with E-state index in [9.17, 15) is 9.59 Å². The Morgan fingerprint density at radius 1 is 1.33 bits per heavy atom. The number of carboxylic acid groups (broad SMARTS) is 1. The summed E-state index contributed by atoms with van der Waals surface area (Å²) in [5, 5.41) is 11.7. The van der Waals surface area contributed by atoms with E-state index < -0.39 is 5.97 Å².